The lowest BCUT2D eigenvalue weighted by Gasteiger charge is -2.10. The number of amides is 2. The van der Waals surface area contributed by atoms with Crippen LogP contribution in [0, 0.1) is 0 Å². The highest BCUT2D eigenvalue weighted by molar-refractivity contribution is 6.08. The number of nitrogens with two attached hydrogens (primary N) is 1. The number of fused-ring (bicyclic) bond motifs is 1. The van der Waals surface area contributed by atoms with Gasteiger partial charge in [-0.15, -0.1) is 0 Å². The molecular weight excluding hydrogens is 372 g/mol. The van der Waals surface area contributed by atoms with Gasteiger partial charge in [-0.25, -0.2) is 0 Å². The lowest BCUT2D eigenvalue weighted by atomic mass is 10.1. The maximum Gasteiger partial charge on any atom is 0.259 e. The van der Waals surface area contributed by atoms with Crippen molar-refractivity contribution in [2.75, 3.05) is 18.5 Å². The van der Waals surface area contributed by atoms with E-state index >= 15 is 0 Å². The van der Waals surface area contributed by atoms with Gasteiger partial charge in [-0.05, 0) is 42.5 Å². The van der Waals surface area contributed by atoms with Crippen LogP contribution in [0.5, 0.6) is 11.5 Å². The van der Waals surface area contributed by atoms with Gasteiger partial charge in [0.25, 0.3) is 5.91 Å². The highest BCUT2D eigenvalue weighted by atomic mass is 16.5. The molecule has 3 aromatic rings. The van der Waals surface area contributed by atoms with E-state index in [1.807, 2.05) is 18.2 Å². The average molecular weight is 392 g/mol. The zero-order valence-corrected chi connectivity index (χ0v) is 15.8. The number of aromatic nitrogens is 2. The molecule has 0 bridgehead atoms. The molecule has 3 N–H and O–H groups in total. The van der Waals surface area contributed by atoms with Crippen LogP contribution < -0.4 is 20.5 Å². The first-order chi connectivity index (χ1) is 14.0. The highest BCUT2D eigenvalue weighted by Gasteiger charge is 2.20. The first-order valence-corrected chi connectivity index (χ1v) is 9.16. The smallest absolute Gasteiger partial charge is 0.259 e. The minimum Gasteiger partial charge on any atom is -0.490 e. The van der Waals surface area contributed by atoms with Gasteiger partial charge in [0.1, 0.15) is 5.69 Å². The summed E-state index contributed by atoms with van der Waals surface area (Å²) in [7, 11) is 1.75. The minimum absolute atomic E-state index is 0.313. The number of nitrogens with one attached hydrogen (secondary N) is 1. The van der Waals surface area contributed by atoms with Gasteiger partial charge in [-0.1, -0.05) is 0 Å². The molecule has 0 atom stereocenters. The SMILES string of the molecule is Cn1cc(C(=O)Nc2ccc(C(N)=O)cc2)c(-c2ccc3c(c2)OCCCO3)n1. The third kappa shape index (κ3) is 3.91. The zero-order valence-electron chi connectivity index (χ0n) is 15.8. The number of aryl methyl sites for hydroxylation is 1. The van der Waals surface area contributed by atoms with Crippen molar-refractivity contribution < 1.29 is 19.1 Å². The van der Waals surface area contributed by atoms with Gasteiger partial charge in [-0.3, -0.25) is 14.3 Å². The van der Waals surface area contributed by atoms with E-state index in [0.717, 1.165) is 12.0 Å². The van der Waals surface area contributed by atoms with Crippen LogP contribution in [0.25, 0.3) is 11.3 Å². The Labute approximate surface area is 167 Å². The summed E-state index contributed by atoms with van der Waals surface area (Å²) in [6.45, 7) is 1.19. The number of ether oxygens (including phenoxy) is 2. The van der Waals surface area contributed by atoms with Crippen LogP contribution >= 0.6 is 0 Å². The summed E-state index contributed by atoms with van der Waals surface area (Å²) in [4.78, 5) is 24.1. The Hall–Kier alpha value is -3.81. The second-order valence-electron chi connectivity index (χ2n) is 6.67. The summed E-state index contributed by atoms with van der Waals surface area (Å²) in [6, 6.07) is 11.9. The quantitative estimate of drug-likeness (QED) is 0.709. The molecule has 1 aromatic heterocycles. The second-order valence-corrected chi connectivity index (χ2v) is 6.67. The van der Waals surface area contributed by atoms with E-state index in [-0.39, 0.29) is 5.91 Å². The summed E-state index contributed by atoms with van der Waals surface area (Å²) in [5.74, 6) is 0.487. The van der Waals surface area contributed by atoms with Gasteiger partial charge in [0.15, 0.2) is 11.5 Å². The van der Waals surface area contributed by atoms with E-state index in [2.05, 4.69) is 10.4 Å². The monoisotopic (exact) mass is 392 g/mol. The van der Waals surface area contributed by atoms with Gasteiger partial charge in [-0.2, -0.15) is 5.10 Å². The van der Waals surface area contributed by atoms with E-state index in [0.29, 0.717) is 47.2 Å². The Balaban J connectivity index is 1.62. The number of carbonyl (C=O) groups is 2. The summed E-state index contributed by atoms with van der Waals surface area (Å²) in [5.41, 5.74) is 7.87. The number of carbonyl (C=O) groups excluding carboxylic acids is 2. The molecule has 0 aliphatic carbocycles. The number of anilines is 1. The van der Waals surface area contributed by atoms with Crippen molar-refractivity contribution in [3.05, 3.63) is 59.8 Å². The molecule has 2 amide bonds. The van der Waals surface area contributed by atoms with Gasteiger partial charge >= 0.3 is 0 Å². The van der Waals surface area contributed by atoms with E-state index in [1.54, 1.807) is 42.2 Å². The fraction of sp³-hybridized carbons (Fsp3) is 0.190. The molecule has 0 fully saturated rings. The third-order valence-corrected chi connectivity index (χ3v) is 4.52. The Morgan fingerprint density at radius 3 is 2.52 bits per heavy atom. The number of hydrogen-bond acceptors (Lipinski definition) is 5. The van der Waals surface area contributed by atoms with E-state index in [1.165, 1.54) is 0 Å². The first kappa shape index (κ1) is 18.5. The zero-order chi connectivity index (χ0) is 20.4. The molecule has 2 heterocycles. The Bertz CT molecular complexity index is 1070. The van der Waals surface area contributed by atoms with Gasteiger partial charge < -0.3 is 20.5 Å². The fourth-order valence-electron chi connectivity index (χ4n) is 3.09. The van der Waals surface area contributed by atoms with Gasteiger partial charge in [0.05, 0.1) is 18.8 Å². The van der Waals surface area contributed by atoms with Crippen LogP contribution in [0.3, 0.4) is 0 Å². The number of hydrogen-bond donors (Lipinski definition) is 2. The van der Waals surface area contributed by atoms with E-state index in [4.69, 9.17) is 15.2 Å². The molecule has 0 unspecified atom stereocenters. The number of rotatable bonds is 4. The largest absolute Gasteiger partial charge is 0.490 e. The summed E-state index contributed by atoms with van der Waals surface area (Å²) >= 11 is 0. The lowest BCUT2D eigenvalue weighted by molar-refractivity contribution is 0.0998. The van der Waals surface area contributed by atoms with Crippen LogP contribution in [-0.2, 0) is 7.05 Å². The molecule has 2 aromatic carbocycles. The van der Waals surface area contributed by atoms with Crippen LogP contribution in [0.15, 0.2) is 48.7 Å². The molecule has 8 heteroatoms. The predicted octanol–water partition coefficient (Wildman–Crippen LogP) is 2.60. The molecule has 1 aliphatic heterocycles. The molecule has 29 heavy (non-hydrogen) atoms. The molecule has 0 saturated heterocycles. The number of benzene rings is 2. The molecular formula is C21H20N4O4. The van der Waals surface area contributed by atoms with Crippen molar-refractivity contribution in [1.82, 2.24) is 9.78 Å². The summed E-state index contributed by atoms with van der Waals surface area (Å²) < 4.78 is 13.0. The maximum atomic E-state index is 12.9. The van der Waals surface area contributed by atoms with Crippen molar-refractivity contribution >= 4 is 17.5 Å². The topological polar surface area (TPSA) is 108 Å². The Morgan fingerprint density at radius 2 is 1.79 bits per heavy atom. The lowest BCUT2D eigenvalue weighted by Crippen LogP contribution is -2.13. The van der Waals surface area contributed by atoms with Gasteiger partial charge in [0, 0.05) is 36.5 Å². The van der Waals surface area contributed by atoms with Gasteiger partial charge in [0.2, 0.25) is 5.91 Å². The normalized spacial score (nSPS) is 12.9. The molecule has 0 radical (unpaired) electrons. The van der Waals surface area contributed by atoms with Crippen molar-refractivity contribution in [2.45, 2.75) is 6.42 Å². The fourth-order valence-corrected chi connectivity index (χ4v) is 3.09. The molecule has 0 spiro atoms. The highest BCUT2D eigenvalue weighted by Crippen LogP contribution is 2.35. The Morgan fingerprint density at radius 1 is 1.07 bits per heavy atom. The second kappa shape index (κ2) is 7.67. The van der Waals surface area contributed by atoms with Crippen molar-refractivity contribution in [2.24, 2.45) is 12.8 Å². The van der Waals surface area contributed by atoms with Crippen LogP contribution in [0.1, 0.15) is 27.1 Å². The summed E-state index contributed by atoms with van der Waals surface area (Å²) in [5, 5.41) is 7.27. The maximum absolute atomic E-state index is 12.9. The number of primary amides is 1. The van der Waals surface area contributed by atoms with Crippen molar-refractivity contribution in [3.63, 3.8) is 0 Å². The number of nitrogens with zero attached hydrogens (tertiary/aromatic N) is 2. The molecule has 8 nitrogen and oxygen atoms in total. The third-order valence-electron chi connectivity index (χ3n) is 4.52. The predicted molar refractivity (Wildman–Crippen MR) is 107 cm³/mol. The molecule has 4 rings (SSSR count). The minimum atomic E-state index is -0.521. The van der Waals surface area contributed by atoms with Crippen LogP contribution in [0.2, 0.25) is 0 Å². The standard InChI is InChI=1S/C21H20N4O4/c1-25-12-16(21(27)23-15-6-3-13(4-7-15)20(22)26)19(24-25)14-5-8-17-18(11-14)29-10-2-9-28-17/h3-8,11-12H,2,9-10H2,1H3,(H2,22,26)(H,23,27). The van der Waals surface area contributed by atoms with Crippen LogP contribution in [-0.4, -0.2) is 34.8 Å². The Kier molecular flexibility index (Phi) is 4.90. The average Bonchev–Trinajstić information content (AvgIpc) is 2.95. The van der Waals surface area contributed by atoms with Crippen LogP contribution in [0.4, 0.5) is 5.69 Å². The molecule has 148 valence electrons. The summed E-state index contributed by atoms with van der Waals surface area (Å²) in [6.07, 6.45) is 2.47. The molecule has 0 saturated carbocycles. The molecule has 1 aliphatic rings. The first-order valence-electron chi connectivity index (χ1n) is 9.16. The van der Waals surface area contributed by atoms with Crippen molar-refractivity contribution in [1.29, 1.82) is 0 Å². The van der Waals surface area contributed by atoms with Crippen molar-refractivity contribution in [3.8, 4) is 22.8 Å². The van der Waals surface area contributed by atoms with E-state index < -0.39 is 5.91 Å². The van der Waals surface area contributed by atoms with E-state index in [9.17, 15) is 9.59 Å².